The van der Waals surface area contributed by atoms with Crippen LogP contribution in [0.4, 0.5) is 11.4 Å². The van der Waals surface area contributed by atoms with Crippen LogP contribution in [-0.4, -0.2) is 24.7 Å². The van der Waals surface area contributed by atoms with Crippen molar-refractivity contribution in [1.82, 2.24) is 0 Å². The number of anilines is 2. The summed E-state index contributed by atoms with van der Waals surface area (Å²) in [5.74, 6) is 1.54. The van der Waals surface area contributed by atoms with Gasteiger partial charge < -0.3 is 10.1 Å². The SMILES string of the molecule is COc1cccc(N2C(=O)CSC2c2ccc(NC(=O)C3CC3)cc2)c1. The number of nitrogens with zero attached hydrogens (tertiary/aromatic N) is 1. The van der Waals surface area contributed by atoms with E-state index in [4.69, 9.17) is 4.74 Å². The second-order valence-corrected chi connectivity index (χ2v) is 7.58. The van der Waals surface area contributed by atoms with Crippen molar-refractivity contribution in [3.63, 3.8) is 0 Å². The van der Waals surface area contributed by atoms with Gasteiger partial charge in [-0.1, -0.05) is 18.2 Å². The van der Waals surface area contributed by atoms with Crippen LogP contribution in [0, 0.1) is 5.92 Å². The normalized spacial score (nSPS) is 19.5. The van der Waals surface area contributed by atoms with Crippen LogP contribution in [0.1, 0.15) is 23.8 Å². The molecule has 1 aliphatic carbocycles. The largest absolute Gasteiger partial charge is 0.497 e. The summed E-state index contributed by atoms with van der Waals surface area (Å²) in [6, 6.07) is 15.3. The molecule has 5 nitrogen and oxygen atoms in total. The van der Waals surface area contributed by atoms with Crippen LogP contribution in [0.25, 0.3) is 0 Å². The van der Waals surface area contributed by atoms with Crippen LogP contribution in [0.5, 0.6) is 5.75 Å². The molecule has 1 saturated carbocycles. The Kier molecular flexibility index (Phi) is 4.59. The summed E-state index contributed by atoms with van der Waals surface area (Å²) >= 11 is 1.60. The number of amides is 2. The number of carbonyl (C=O) groups is 2. The first kappa shape index (κ1) is 17.0. The number of methoxy groups -OCH3 is 1. The fourth-order valence-corrected chi connectivity index (χ4v) is 4.21. The molecule has 1 aliphatic heterocycles. The van der Waals surface area contributed by atoms with Crippen LogP contribution in [0.3, 0.4) is 0 Å². The fraction of sp³-hybridized carbons (Fsp3) is 0.300. The van der Waals surface area contributed by atoms with Crippen molar-refractivity contribution in [2.24, 2.45) is 5.92 Å². The first-order chi connectivity index (χ1) is 12.7. The molecule has 6 heteroatoms. The zero-order valence-corrected chi connectivity index (χ0v) is 15.3. The summed E-state index contributed by atoms with van der Waals surface area (Å²) in [5.41, 5.74) is 2.66. The highest BCUT2D eigenvalue weighted by molar-refractivity contribution is 8.00. The zero-order chi connectivity index (χ0) is 18.1. The number of hydrogen-bond donors (Lipinski definition) is 1. The molecule has 134 valence electrons. The number of nitrogens with one attached hydrogen (secondary N) is 1. The van der Waals surface area contributed by atoms with Crippen molar-refractivity contribution < 1.29 is 14.3 Å². The Hall–Kier alpha value is -2.47. The van der Waals surface area contributed by atoms with Crippen molar-refractivity contribution in [1.29, 1.82) is 0 Å². The van der Waals surface area contributed by atoms with Gasteiger partial charge in [-0.2, -0.15) is 0 Å². The van der Waals surface area contributed by atoms with Crippen LogP contribution in [-0.2, 0) is 9.59 Å². The van der Waals surface area contributed by atoms with E-state index in [9.17, 15) is 9.59 Å². The molecule has 0 radical (unpaired) electrons. The topological polar surface area (TPSA) is 58.6 Å². The lowest BCUT2D eigenvalue weighted by atomic mass is 10.1. The van der Waals surface area contributed by atoms with Gasteiger partial charge in [0.05, 0.1) is 12.9 Å². The molecule has 1 unspecified atom stereocenters. The molecular formula is C20H20N2O3S. The molecule has 26 heavy (non-hydrogen) atoms. The molecule has 0 spiro atoms. The molecule has 1 atom stereocenters. The molecule has 2 aliphatic rings. The predicted molar refractivity (Wildman–Crippen MR) is 103 cm³/mol. The maximum absolute atomic E-state index is 12.5. The monoisotopic (exact) mass is 368 g/mol. The van der Waals surface area contributed by atoms with Crippen molar-refractivity contribution in [3.8, 4) is 5.75 Å². The van der Waals surface area contributed by atoms with Crippen molar-refractivity contribution >= 4 is 35.0 Å². The number of ether oxygens (including phenoxy) is 1. The van der Waals surface area contributed by atoms with Crippen LogP contribution in [0.2, 0.25) is 0 Å². The number of benzene rings is 2. The molecule has 2 aromatic rings. The maximum atomic E-state index is 12.5. The van der Waals surface area contributed by atoms with E-state index in [0.29, 0.717) is 5.75 Å². The van der Waals surface area contributed by atoms with Crippen molar-refractivity contribution in [2.75, 3.05) is 23.1 Å². The minimum Gasteiger partial charge on any atom is -0.497 e. The molecular weight excluding hydrogens is 348 g/mol. The van der Waals surface area contributed by atoms with E-state index in [1.807, 2.05) is 53.4 Å². The number of rotatable bonds is 5. The quantitative estimate of drug-likeness (QED) is 0.872. The fourth-order valence-electron chi connectivity index (χ4n) is 3.03. The molecule has 1 N–H and O–H groups in total. The zero-order valence-electron chi connectivity index (χ0n) is 14.5. The lowest BCUT2D eigenvalue weighted by Gasteiger charge is -2.25. The third-order valence-electron chi connectivity index (χ3n) is 4.61. The number of carbonyl (C=O) groups excluding carboxylic acids is 2. The Bertz CT molecular complexity index is 833. The van der Waals surface area contributed by atoms with Gasteiger partial charge in [-0.05, 0) is 42.7 Å². The van der Waals surface area contributed by atoms with Gasteiger partial charge in [0.25, 0.3) is 0 Å². The highest BCUT2D eigenvalue weighted by Crippen LogP contribution is 2.42. The van der Waals surface area contributed by atoms with Gasteiger partial charge in [-0.15, -0.1) is 11.8 Å². The second-order valence-electron chi connectivity index (χ2n) is 6.51. The Morgan fingerprint density at radius 3 is 2.65 bits per heavy atom. The summed E-state index contributed by atoms with van der Waals surface area (Å²) in [4.78, 5) is 26.1. The third-order valence-corrected chi connectivity index (χ3v) is 5.82. The first-order valence-corrected chi connectivity index (χ1v) is 9.69. The lowest BCUT2D eigenvalue weighted by Crippen LogP contribution is -2.27. The second kappa shape index (κ2) is 7.03. The average molecular weight is 368 g/mol. The third kappa shape index (κ3) is 3.42. The summed E-state index contributed by atoms with van der Waals surface area (Å²) in [6.07, 6.45) is 1.97. The summed E-state index contributed by atoms with van der Waals surface area (Å²) in [6.45, 7) is 0. The summed E-state index contributed by atoms with van der Waals surface area (Å²) in [5, 5.41) is 2.86. The Morgan fingerprint density at radius 1 is 1.19 bits per heavy atom. The molecule has 4 rings (SSSR count). The number of hydrogen-bond acceptors (Lipinski definition) is 4. The highest BCUT2D eigenvalue weighted by Gasteiger charge is 2.34. The van der Waals surface area contributed by atoms with E-state index in [0.717, 1.165) is 35.5 Å². The van der Waals surface area contributed by atoms with Gasteiger partial charge in [0.15, 0.2) is 0 Å². The van der Waals surface area contributed by atoms with Gasteiger partial charge in [0.2, 0.25) is 11.8 Å². The van der Waals surface area contributed by atoms with E-state index >= 15 is 0 Å². The van der Waals surface area contributed by atoms with E-state index < -0.39 is 0 Å². The van der Waals surface area contributed by atoms with Crippen LogP contribution in [0.15, 0.2) is 48.5 Å². The molecule has 2 fully saturated rings. The smallest absolute Gasteiger partial charge is 0.238 e. The molecule has 0 bridgehead atoms. The van der Waals surface area contributed by atoms with Gasteiger partial charge in [0.1, 0.15) is 11.1 Å². The average Bonchev–Trinajstić information content (AvgIpc) is 3.45. The highest BCUT2D eigenvalue weighted by atomic mass is 32.2. The predicted octanol–water partition coefficient (Wildman–Crippen LogP) is 3.82. The summed E-state index contributed by atoms with van der Waals surface area (Å²) in [7, 11) is 1.62. The molecule has 1 heterocycles. The van der Waals surface area contributed by atoms with Gasteiger partial charge in [-0.25, -0.2) is 0 Å². The Morgan fingerprint density at radius 2 is 1.96 bits per heavy atom. The molecule has 1 saturated heterocycles. The Balaban J connectivity index is 1.55. The van der Waals surface area contributed by atoms with Gasteiger partial charge in [-0.3, -0.25) is 14.5 Å². The van der Waals surface area contributed by atoms with Crippen LogP contribution < -0.4 is 15.0 Å². The first-order valence-electron chi connectivity index (χ1n) is 8.64. The number of thioether (sulfide) groups is 1. The van der Waals surface area contributed by atoms with Crippen LogP contribution >= 0.6 is 11.8 Å². The van der Waals surface area contributed by atoms with Gasteiger partial charge >= 0.3 is 0 Å². The van der Waals surface area contributed by atoms with Crippen molar-refractivity contribution in [2.45, 2.75) is 18.2 Å². The molecule has 0 aromatic heterocycles. The van der Waals surface area contributed by atoms with E-state index in [-0.39, 0.29) is 23.1 Å². The van der Waals surface area contributed by atoms with Crippen molar-refractivity contribution in [3.05, 3.63) is 54.1 Å². The Labute approximate surface area is 156 Å². The molecule has 2 aromatic carbocycles. The van der Waals surface area contributed by atoms with E-state index in [2.05, 4.69) is 5.32 Å². The minimum absolute atomic E-state index is 0.0808. The maximum Gasteiger partial charge on any atom is 0.238 e. The van der Waals surface area contributed by atoms with E-state index in [1.54, 1.807) is 18.9 Å². The van der Waals surface area contributed by atoms with E-state index in [1.165, 1.54) is 0 Å². The summed E-state index contributed by atoms with van der Waals surface area (Å²) < 4.78 is 5.28. The standard InChI is InChI=1S/C20H20N2O3S/c1-25-17-4-2-3-16(11-17)22-18(23)12-26-20(22)14-7-9-15(10-8-14)21-19(24)13-5-6-13/h2-4,7-11,13,20H,5-6,12H2,1H3,(H,21,24). The van der Waals surface area contributed by atoms with Gasteiger partial charge in [0, 0.05) is 23.4 Å². The lowest BCUT2D eigenvalue weighted by molar-refractivity contribution is -0.117. The molecule has 2 amide bonds. The minimum atomic E-state index is -0.0808.